The highest BCUT2D eigenvalue weighted by molar-refractivity contribution is 7.90. The molecule has 2 rings (SSSR count). The third-order valence-electron chi connectivity index (χ3n) is 2.22. The van der Waals surface area contributed by atoms with Gasteiger partial charge in [0.15, 0.2) is 0 Å². The molecule has 0 saturated carbocycles. The molecule has 2 aromatic heterocycles. The summed E-state index contributed by atoms with van der Waals surface area (Å²) in [7, 11) is -3.04. The van der Waals surface area contributed by atoms with E-state index in [9.17, 15) is 8.42 Å². The first-order chi connectivity index (χ1) is 8.46. The van der Waals surface area contributed by atoms with Crippen LogP contribution in [-0.4, -0.2) is 35.6 Å². The van der Waals surface area contributed by atoms with Crippen LogP contribution in [0.3, 0.4) is 0 Å². The van der Waals surface area contributed by atoms with Crippen LogP contribution in [0.5, 0.6) is 0 Å². The lowest BCUT2D eigenvalue weighted by Gasteiger charge is -2.04. The fourth-order valence-corrected chi connectivity index (χ4v) is 2.49. The Morgan fingerprint density at radius 1 is 1.56 bits per heavy atom. The first-order valence-electron chi connectivity index (χ1n) is 5.11. The maximum atomic E-state index is 11.0. The van der Waals surface area contributed by atoms with Crippen LogP contribution < -0.4 is 5.73 Å². The summed E-state index contributed by atoms with van der Waals surface area (Å²) < 4.78 is 27.1. The van der Waals surface area contributed by atoms with Crippen LogP contribution in [0, 0.1) is 0 Å². The Bertz CT molecular complexity index is 606. The van der Waals surface area contributed by atoms with E-state index in [1.165, 1.54) is 11.3 Å². The average Bonchev–Trinajstić information content (AvgIpc) is 2.94. The van der Waals surface area contributed by atoms with Crippen LogP contribution in [-0.2, 0) is 9.84 Å². The molecule has 9 heteroatoms. The molecule has 1 unspecified atom stereocenters. The van der Waals surface area contributed by atoms with Gasteiger partial charge in [0.1, 0.15) is 15.5 Å². The van der Waals surface area contributed by atoms with E-state index in [0.717, 1.165) is 6.26 Å². The third kappa shape index (κ3) is 3.34. The quantitative estimate of drug-likeness (QED) is 0.858. The van der Waals surface area contributed by atoms with Crippen molar-refractivity contribution in [1.29, 1.82) is 0 Å². The summed E-state index contributed by atoms with van der Waals surface area (Å²) in [5.41, 5.74) is 8.07. The van der Waals surface area contributed by atoms with Gasteiger partial charge in [0.05, 0.1) is 17.3 Å². The molecule has 2 heterocycles. The predicted molar refractivity (Wildman–Crippen MR) is 66.7 cm³/mol. The van der Waals surface area contributed by atoms with Gasteiger partial charge >= 0.3 is 0 Å². The lowest BCUT2D eigenvalue weighted by atomic mass is 10.2. The minimum Gasteiger partial charge on any atom is -0.337 e. The molecule has 0 bridgehead atoms. The highest BCUT2D eigenvalue weighted by atomic mass is 32.2. The zero-order valence-corrected chi connectivity index (χ0v) is 11.2. The maximum Gasteiger partial charge on any atom is 0.243 e. The second kappa shape index (κ2) is 5.12. The summed E-state index contributed by atoms with van der Waals surface area (Å²) in [6.07, 6.45) is 1.41. The van der Waals surface area contributed by atoms with Gasteiger partial charge in [-0.25, -0.2) is 13.4 Å². The van der Waals surface area contributed by atoms with Gasteiger partial charge < -0.3 is 10.3 Å². The Hall–Kier alpha value is -1.32. The summed E-state index contributed by atoms with van der Waals surface area (Å²) in [5, 5.41) is 5.54. The number of rotatable bonds is 5. The summed E-state index contributed by atoms with van der Waals surface area (Å²) in [6.45, 7) is 0. The van der Waals surface area contributed by atoms with E-state index < -0.39 is 15.9 Å². The minimum absolute atomic E-state index is 0.0113. The topological polar surface area (TPSA) is 112 Å². The molecule has 0 aliphatic heterocycles. The maximum absolute atomic E-state index is 11.0. The van der Waals surface area contributed by atoms with Crippen LogP contribution in [0.15, 0.2) is 15.4 Å². The SMILES string of the molecule is CS(=O)(=O)CCC(N)c1nc(-c2cscn2)no1. The molecular formula is C9H12N4O3S2. The van der Waals surface area contributed by atoms with Crippen molar-refractivity contribution < 1.29 is 12.9 Å². The van der Waals surface area contributed by atoms with Gasteiger partial charge in [-0.1, -0.05) is 5.16 Å². The largest absolute Gasteiger partial charge is 0.337 e. The second-order valence-electron chi connectivity index (χ2n) is 3.85. The van der Waals surface area contributed by atoms with Gasteiger partial charge in [-0.15, -0.1) is 11.3 Å². The monoisotopic (exact) mass is 288 g/mol. The van der Waals surface area contributed by atoms with Gasteiger partial charge in [-0.3, -0.25) is 0 Å². The molecule has 0 saturated heterocycles. The van der Waals surface area contributed by atoms with Crippen molar-refractivity contribution in [2.75, 3.05) is 12.0 Å². The summed E-state index contributed by atoms with van der Waals surface area (Å²) in [4.78, 5) is 8.14. The molecule has 0 aromatic carbocycles. The number of aromatic nitrogens is 3. The molecule has 98 valence electrons. The zero-order chi connectivity index (χ0) is 13.2. The normalized spacial score (nSPS) is 13.7. The number of nitrogens with two attached hydrogens (primary N) is 1. The highest BCUT2D eigenvalue weighted by Crippen LogP contribution is 2.19. The molecule has 0 aliphatic carbocycles. The molecule has 18 heavy (non-hydrogen) atoms. The summed E-state index contributed by atoms with van der Waals surface area (Å²) in [5.74, 6) is 0.575. The Kier molecular flexibility index (Phi) is 3.73. The summed E-state index contributed by atoms with van der Waals surface area (Å²) >= 11 is 1.42. The molecule has 0 fully saturated rings. The molecule has 0 radical (unpaired) electrons. The van der Waals surface area contributed by atoms with Crippen molar-refractivity contribution in [2.24, 2.45) is 5.73 Å². The predicted octanol–water partition coefficient (Wildman–Crippen LogP) is 0.628. The van der Waals surface area contributed by atoms with Crippen molar-refractivity contribution in [1.82, 2.24) is 15.1 Å². The van der Waals surface area contributed by atoms with Gasteiger partial charge in [-0.05, 0) is 6.42 Å². The fourth-order valence-electron chi connectivity index (χ4n) is 1.28. The molecule has 2 N–H and O–H groups in total. The first-order valence-corrected chi connectivity index (χ1v) is 8.11. The van der Waals surface area contributed by atoms with Crippen molar-refractivity contribution in [3.8, 4) is 11.5 Å². The number of nitrogens with zero attached hydrogens (tertiary/aromatic N) is 3. The van der Waals surface area contributed by atoms with E-state index >= 15 is 0 Å². The van der Waals surface area contributed by atoms with Gasteiger partial charge in [-0.2, -0.15) is 4.98 Å². The van der Waals surface area contributed by atoms with Gasteiger partial charge in [0.2, 0.25) is 11.7 Å². The van der Waals surface area contributed by atoms with Crippen LogP contribution in [0.25, 0.3) is 11.5 Å². The Morgan fingerprint density at radius 3 is 2.94 bits per heavy atom. The van der Waals surface area contributed by atoms with Crippen LogP contribution >= 0.6 is 11.3 Å². The van der Waals surface area contributed by atoms with E-state index in [2.05, 4.69) is 15.1 Å². The molecule has 0 amide bonds. The standard InChI is InChI=1S/C9H12N4O3S2/c1-18(14,15)3-2-6(10)9-12-8(13-16-9)7-4-17-5-11-7/h4-6H,2-3,10H2,1H3. The number of hydrogen-bond donors (Lipinski definition) is 1. The van der Waals surface area contributed by atoms with E-state index in [1.807, 2.05) is 0 Å². The van der Waals surface area contributed by atoms with Crippen LogP contribution in [0.2, 0.25) is 0 Å². The van der Waals surface area contributed by atoms with Crippen LogP contribution in [0.1, 0.15) is 18.4 Å². The van der Waals surface area contributed by atoms with Gasteiger partial charge in [0.25, 0.3) is 0 Å². The van der Waals surface area contributed by atoms with Crippen molar-refractivity contribution in [3.05, 3.63) is 16.8 Å². The third-order valence-corrected chi connectivity index (χ3v) is 3.78. The Morgan fingerprint density at radius 2 is 2.33 bits per heavy atom. The highest BCUT2D eigenvalue weighted by Gasteiger charge is 2.18. The Balaban J connectivity index is 2.06. The van der Waals surface area contributed by atoms with Crippen molar-refractivity contribution >= 4 is 21.2 Å². The molecule has 1 atom stereocenters. The van der Waals surface area contributed by atoms with Crippen molar-refractivity contribution in [2.45, 2.75) is 12.5 Å². The van der Waals surface area contributed by atoms with E-state index in [-0.39, 0.29) is 18.1 Å². The molecule has 0 aliphatic rings. The second-order valence-corrected chi connectivity index (χ2v) is 6.83. The molecule has 2 aromatic rings. The molecular weight excluding hydrogens is 276 g/mol. The average molecular weight is 288 g/mol. The summed E-state index contributed by atoms with van der Waals surface area (Å²) in [6, 6.07) is -0.584. The van der Waals surface area contributed by atoms with Gasteiger partial charge in [0, 0.05) is 11.6 Å². The first kappa shape index (κ1) is 13.1. The fraction of sp³-hybridized carbons (Fsp3) is 0.444. The minimum atomic E-state index is -3.04. The Labute approximate surface area is 108 Å². The zero-order valence-electron chi connectivity index (χ0n) is 9.61. The van der Waals surface area contributed by atoms with E-state index in [0.29, 0.717) is 11.5 Å². The van der Waals surface area contributed by atoms with Crippen molar-refractivity contribution in [3.63, 3.8) is 0 Å². The molecule has 0 spiro atoms. The van der Waals surface area contributed by atoms with Crippen LogP contribution in [0.4, 0.5) is 0 Å². The number of hydrogen-bond acceptors (Lipinski definition) is 8. The van der Waals surface area contributed by atoms with E-state index in [4.69, 9.17) is 10.3 Å². The van der Waals surface area contributed by atoms with E-state index in [1.54, 1.807) is 10.9 Å². The lowest BCUT2D eigenvalue weighted by Crippen LogP contribution is -2.16. The lowest BCUT2D eigenvalue weighted by molar-refractivity contribution is 0.352. The number of thiazole rings is 1. The number of sulfone groups is 1. The molecule has 7 nitrogen and oxygen atoms in total. The smallest absolute Gasteiger partial charge is 0.243 e.